The largest absolute Gasteiger partial charge is 0.497 e. The van der Waals surface area contributed by atoms with E-state index in [0.29, 0.717) is 18.2 Å². The van der Waals surface area contributed by atoms with E-state index in [1.807, 2.05) is 17.0 Å². The van der Waals surface area contributed by atoms with Gasteiger partial charge in [-0.05, 0) is 18.1 Å². The fourth-order valence-corrected chi connectivity index (χ4v) is 2.80. The molecule has 2 rings (SSSR count). The molecule has 0 unspecified atom stereocenters. The summed E-state index contributed by atoms with van der Waals surface area (Å²) >= 11 is 0. The highest BCUT2D eigenvalue weighted by Gasteiger charge is 2.23. The molecule has 0 aliphatic carbocycles. The number of quaternary nitrogens is 1. The van der Waals surface area contributed by atoms with Gasteiger partial charge in [0.1, 0.15) is 12.3 Å². The Morgan fingerprint density at radius 3 is 2.67 bits per heavy atom. The Kier molecular flexibility index (Phi) is 5.62. The molecule has 1 aromatic rings. The highest BCUT2D eigenvalue weighted by atomic mass is 16.5. The minimum atomic E-state index is 0.311. The first-order chi connectivity index (χ1) is 10.1. The second-order valence-electron chi connectivity index (χ2n) is 6.26. The van der Waals surface area contributed by atoms with Gasteiger partial charge in [0.25, 0.3) is 0 Å². The number of hydrogen-bond donors (Lipinski definition) is 1. The van der Waals surface area contributed by atoms with Crippen molar-refractivity contribution in [3.05, 3.63) is 29.8 Å². The molecule has 0 radical (unpaired) electrons. The van der Waals surface area contributed by atoms with Gasteiger partial charge >= 0.3 is 0 Å². The summed E-state index contributed by atoms with van der Waals surface area (Å²) in [6.45, 7) is 9.02. The van der Waals surface area contributed by atoms with Crippen LogP contribution in [0.4, 0.5) is 0 Å². The van der Waals surface area contributed by atoms with Gasteiger partial charge < -0.3 is 14.5 Å². The molecule has 1 fully saturated rings. The van der Waals surface area contributed by atoms with Crippen LogP contribution >= 0.6 is 0 Å². The number of amides is 1. The zero-order chi connectivity index (χ0) is 15.2. The van der Waals surface area contributed by atoms with Crippen molar-refractivity contribution in [1.29, 1.82) is 0 Å². The van der Waals surface area contributed by atoms with Crippen LogP contribution in [0.25, 0.3) is 0 Å². The van der Waals surface area contributed by atoms with E-state index in [4.69, 9.17) is 4.74 Å². The number of benzene rings is 1. The number of ether oxygens (including phenoxy) is 1. The van der Waals surface area contributed by atoms with Gasteiger partial charge in [-0.25, -0.2) is 0 Å². The van der Waals surface area contributed by atoms with Crippen LogP contribution in [0.1, 0.15) is 25.8 Å². The minimum Gasteiger partial charge on any atom is -0.497 e. The molecular formula is C17H27N2O2+. The number of rotatable bonds is 5. The summed E-state index contributed by atoms with van der Waals surface area (Å²) in [5, 5.41) is 0. The third kappa shape index (κ3) is 4.74. The average molecular weight is 291 g/mol. The van der Waals surface area contributed by atoms with Crippen LogP contribution in [-0.4, -0.2) is 44.1 Å². The average Bonchev–Trinajstić information content (AvgIpc) is 2.47. The number of carbonyl (C=O) groups excluding carboxylic acids is 1. The van der Waals surface area contributed by atoms with E-state index in [1.54, 1.807) is 7.11 Å². The van der Waals surface area contributed by atoms with Crippen LogP contribution in [0.15, 0.2) is 24.3 Å². The fourth-order valence-electron chi connectivity index (χ4n) is 2.80. The van der Waals surface area contributed by atoms with Gasteiger partial charge in [0.15, 0.2) is 0 Å². The molecule has 0 aromatic heterocycles. The van der Waals surface area contributed by atoms with Crippen LogP contribution in [0.3, 0.4) is 0 Å². The van der Waals surface area contributed by atoms with Crippen LogP contribution in [0.5, 0.6) is 5.75 Å². The molecule has 0 spiro atoms. The van der Waals surface area contributed by atoms with Crippen molar-refractivity contribution < 1.29 is 14.4 Å². The van der Waals surface area contributed by atoms with Gasteiger partial charge in [0, 0.05) is 12.0 Å². The monoisotopic (exact) mass is 291 g/mol. The number of nitrogens with one attached hydrogen (secondary N) is 1. The first-order valence-electron chi connectivity index (χ1n) is 7.82. The summed E-state index contributed by atoms with van der Waals surface area (Å²) < 4.78 is 5.27. The highest BCUT2D eigenvalue weighted by molar-refractivity contribution is 5.76. The SMILES string of the molecule is COc1cccc(C[NH+]2CCN(C(=O)CC(C)C)CC2)c1. The zero-order valence-corrected chi connectivity index (χ0v) is 13.4. The molecule has 0 bridgehead atoms. The van der Waals surface area contributed by atoms with E-state index in [9.17, 15) is 4.79 Å². The maximum absolute atomic E-state index is 12.1. The lowest BCUT2D eigenvalue weighted by molar-refractivity contribution is -0.917. The van der Waals surface area contributed by atoms with Crippen molar-refractivity contribution in [2.24, 2.45) is 5.92 Å². The van der Waals surface area contributed by atoms with Crippen LogP contribution in [0, 0.1) is 5.92 Å². The summed E-state index contributed by atoms with van der Waals surface area (Å²) in [5.41, 5.74) is 1.30. The van der Waals surface area contributed by atoms with Crippen LogP contribution < -0.4 is 9.64 Å². The second-order valence-corrected chi connectivity index (χ2v) is 6.26. The molecule has 1 amide bonds. The molecule has 4 nitrogen and oxygen atoms in total. The molecule has 1 aromatic carbocycles. The summed E-state index contributed by atoms with van der Waals surface area (Å²) in [6, 6.07) is 8.26. The smallest absolute Gasteiger partial charge is 0.223 e. The lowest BCUT2D eigenvalue weighted by atomic mass is 10.1. The fraction of sp³-hybridized carbons (Fsp3) is 0.588. The molecule has 4 heteroatoms. The highest BCUT2D eigenvalue weighted by Crippen LogP contribution is 2.11. The number of piperazine rings is 1. The van der Waals surface area contributed by atoms with Crippen molar-refractivity contribution in [1.82, 2.24) is 4.90 Å². The Bertz CT molecular complexity index is 466. The molecular weight excluding hydrogens is 264 g/mol. The van der Waals surface area contributed by atoms with Crippen molar-refractivity contribution in [3.8, 4) is 5.75 Å². The molecule has 0 atom stereocenters. The summed E-state index contributed by atoms with van der Waals surface area (Å²) in [4.78, 5) is 15.6. The van der Waals surface area contributed by atoms with Crippen LogP contribution in [-0.2, 0) is 11.3 Å². The van der Waals surface area contributed by atoms with E-state index in [0.717, 1.165) is 38.5 Å². The molecule has 1 aliphatic heterocycles. The Labute approximate surface area is 127 Å². The second kappa shape index (κ2) is 7.46. The quantitative estimate of drug-likeness (QED) is 0.877. The predicted molar refractivity (Wildman–Crippen MR) is 83.4 cm³/mol. The minimum absolute atomic E-state index is 0.311. The predicted octanol–water partition coefficient (Wildman–Crippen LogP) is 0.968. The van der Waals surface area contributed by atoms with Crippen molar-refractivity contribution in [3.63, 3.8) is 0 Å². The molecule has 1 saturated heterocycles. The van der Waals surface area contributed by atoms with E-state index in [-0.39, 0.29) is 0 Å². The Balaban J connectivity index is 1.82. The van der Waals surface area contributed by atoms with Gasteiger partial charge in [0.2, 0.25) is 5.91 Å². The summed E-state index contributed by atoms with van der Waals surface area (Å²) in [6.07, 6.45) is 0.672. The maximum atomic E-state index is 12.1. The zero-order valence-electron chi connectivity index (χ0n) is 13.4. The topological polar surface area (TPSA) is 34.0 Å². The molecule has 21 heavy (non-hydrogen) atoms. The van der Waals surface area contributed by atoms with Gasteiger partial charge in [-0.1, -0.05) is 26.0 Å². The normalized spacial score (nSPS) is 16.3. The number of methoxy groups -OCH3 is 1. The first kappa shape index (κ1) is 15.8. The summed E-state index contributed by atoms with van der Waals surface area (Å²) in [7, 11) is 1.70. The van der Waals surface area contributed by atoms with Gasteiger partial charge in [-0.2, -0.15) is 0 Å². The van der Waals surface area contributed by atoms with Gasteiger partial charge in [-0.3, -0.25) is 4.79 Å². The van der Waals surface area contributed by atoms with Crippen LogP contribution in [0.2, 0.25) is 0 Å². The number of hydrogen-bond acceptors (Lipinski definition) is 2. The molecule has 1 N–H and O–H groups in total. The van der Waals surface area contributed by atoms with E-state index < -0.39 is 0 Å². The van der Waals surface area contributed by atoms with E-state index >= 15 is 0 Å². The third-order valence-electron chi connectivity index (χ3n) is 3.99. The Morgan fingerprint density at radius 2 is 2.05 bits per heavy atom. The molecule has 1 aliphatic rings. The number of nitrogens with zero attached hydrogens (tertiary/aromatic N) is 1. The summed E-state index contributed by atoms with van der Waals surface area (Å²) in [5.74, 6) is 1.67. The van der Waals surface area contributed by atoms with Crippen molar-refractivity contribution >= 4 is 5.91 Å². The molecule has 116 valence electrons. The lowest BCUT2D eigenvalue weighted by Gasteiger charge is -2.32. The molecule has 0 saturated carbocycles. The third-order valence-corrected chi connectivity index (χ3v) is 3.99. The van der Waals surface area contributed by atoms with Crippen molar-refractivity contribution in [2.45, 2.75) is 26.8 Å². The Morgan fingerprint density at radius 1 is 1.33 bits per heavy atom. The van der Waals surface area contributed by atoms with Gasteiger partial charge in [0.05, 0.1) is 33.3 Å². The van der Waals surface area contributed by atoms with E-state index in [1.165, 1.54) is 10.5 Å². The number of carbonyl (C=O) groups is 1. The lowest BCUT2D eigenvalue weighted by Crippen LogP contribution is -3.13. The molecule has 1 heterocycles. The van der Waals surface area contributed by atoms with Gasteiger partial charge in [-0.15, -0.1) is 0 Å². The first-order valence-corrected chi connectivity index (χ1v) is 7.82. The van der Waals surface area contributed by atoms with E-state index in [2.05, 4.69) is 26.0 Å². The van der Waals surface area contributed by atoms with Crippen molar-refractivity contribution in [2.75, 3.05) is 33.3 Å². The standard InChI is InChI=1S/C17H26N2O2/c1-14(2)11-17(20)19-9-7-18(8-10-19)13-15-5-4-6-16(12-15)21-3/h4-6,12,14H,7-11,13H2,1-3H3/p+1. The Hall–Kier alpha value is -1.55. The maximum Gasteiger partial charge on any atom is 0.223 e.